The number of carboxylic acid groups (broad SMARTS) is 1. The van der Waals surface area contributed by atoms with Gasteiger partial charge in [-0.1, -0.05) is 30.3 Å². The van der Waals surface area contributed by atoms with Gasteiger partial charge < -0.3 is 14.8 Å². The Morgan fingerprint density at radius 2 is 1.81 bits per heavy atom. The molecular formula is C16H17NO4. The van der Waals surface area contributed by atoms with Crippen LogP contribution in [-0.4, -0.2) is 23.0 Å². The molecule has 0 saturated carbocycles. The lowest BCUT2D eigenvalue weighted by Crippen LogP contribution is -2.32. The largest absolute Gasteiger partial charge is 0.475 e. The summed E-state index contributed by atoms with van der Waals surface area (Å²) in [5.74, 6) is -1.81. The van der Waals surface area contributed by atoms with Gasteiger partial charge in [0.05, 0.1) is 0 Å². The highest BCUT2D eigenvalue weighted by molar-refractivity contribution is 5.93. The van der Waals surface area contributed by atoms with Crippen molar-refractivity contribution in [3.63, 3.8) is 0 Å². The summed E-state index contributed by atoms with van der Waals surface area (Å²) in [6.07, 6.45) is 1.66. The Morgan fingerprint density at radius 3 is 2.43 bits per heavy atom. The minimum absolute atomic E-state index is 0.0129. The average Bonchev–Trinajstić information content (AvgIpc) is 2.96. The molecule has 0 fully saturated rings. The molecule has 0 aliphatic rings. The van der Waals surface area contributed by atoms with E-state index < -0.39 is 11.9 Å². The highest BCUT2D eigenvalue weighted by Crippen LogP contribution is 2.09. The van der Waals surface area contributed by atoms with E-state index in [9.17, 15) is 9.59 Å². The van der Waals surface area contributed by atoms with Crippen LogP contribution in [0.15, 0.2) is 46.9 Å². The van der Waals surface area contributed by atoms with Crippen LogP contribution in [0.3, 0.4) is 0 Å². The molecule has 0 aliphatic heterocycles. The van der Waals surface area contributed by atoms with Crippen molar-refractivity contribution >= 4 is 11.9 Å². The molecule has 21 heavy (non-hydrogen) atoms. The van der Waals surface area contributed by atoms with Crippen LogP contribution < -0.4 is 5.32 Å². The van der Waals surface area contributed by atoms with Crippen LogP contribution in [0.2, 0.25) is 0 Å². The van der Waals surface area contributed by atoms with E-state index in [1.165, 1.54) is 17.7 Å². The molecule has 1 unspecified atom stereocenters. The minimum Gasteiger partial charge on any atom is -0.475 e. The van der Waals surface area contributed by atoms with Gasteiger partial charge >= 0.3 is 5.97 Å². The number of amides is 1. The molecule has 1 aromatic heterocycles. The third kappa shape index (κ3) is 4.21. The fourth-order valence-electron chi connectivity index (χ4n) is 1.97. The van der Waals surface area contributed by atoms with Crippen molar-refractivity contribution in [3.8, 4) is 0 Å². The van der Waals surface area contributed by atoms with Gasteiger partial charge in [0.1, 0.15) is 0 Å². The number of furan rings is 1. The maximum absolute atomic E-state index is 11.9. The number of carboxylic acids is 1. The predicted octanol–water partition coefficient (Wildman–Crippen LogP) is 2.73. The maximum atomic E-state index is 11.9. The van der Waals surface area contributed by atoms with Crippen LogP contribution in [0.1, 0.15) is 40.0 Å². The standard InChI is InChI=1S/C16H17NO4/c1-11(7-8-12-5-3-2-4-6-12)17-15(18)13-9-10-14(21-13)16(19)20/h2-6,9-11H,7-8H2,1H3,(H,17,18)(H,19,20). The summed E-state index contributed by atoms with van der Waals surface area (Å²) in [5.41, 5.74) is 1.21. The minimum atomic E-state index is -1.19. The first kappa shape index (κ1) is 14.8. The lowest BCUT2D eigenvalue weighted by Gasteiger charge is -2.12. The lowest BCUT2D eigenvalue weighted by molar-refractivity contribution is 0.0659. The first-order valence-corrected chi connectivity index (χ1v) is 6.74. The average molecular weight is 287 g/mol. The number of nitrogens with one attached hydrogen (secondary N) is 1. The van der Waals surface area contributed by atoms with Crippen molar-refractivity contribution < 1.29 is 19.1 Å². The zero-order chi connectivity index (χ0) is 15.2. The Bertz CT molecular complexity index is 618. The first-order chi connectivity index (χ1) is 10.1. The van der Waals surface area contributed by atoms with Crippen LogP contribution in [0.4, 0.5) is 0 Å². The van der Waals surface area contributed by atoms with Gasteiger partial charge in [0.2, 0.25) is 5.76 Å². The summed E-state index contributed by atoms with van der Waals surface area (Å²) < 4.78 is 4.96. The molecular weight excluding hydrogens is 270 g/mol. The van der Waals surface area contributed by atoms with E-state index in [0.717, 1.165) is 12.8 Å². The number of aryl methyl sites for hydroxylation is 1. The van der Waals surface area contributed by atoms with Crippen molar-refractivity contribution in [1.82, 2.24) is 5.32 Å². The summed E-state index contributed by atoms with van der Waals surface area (Å²) in [7, 11) is 0. The summed E-state index contributed by atoms with van der Waals surface area (Å²) >= 11 is 0. The highest BCUT2D eigenvalue weighted by Gasteiger charge is 2.16. The second-order valence-corrected chi connectivity index (χ2v) is 4.87. The van der Waals surface area contributed by atoms with Crippen molar-refractivity contribution in [3.05, 3.63) is 59.5 Å². The third-order valence-electron chi connectivity index (χ3n) is 3.13. The zero-order valence-electron chi connectivity index (χ0n) is 11.7. The molecule has 0 saturated heterocycles. The van der Waals surface area contributed by atoms with E-state index in [-0.39, 0.29) is 17.6 Å². The van der Waals surface area contributed by atoms with E-state index in [1.807, 2.05) is 37.3 Å². The molecule has 2 N–H and O–H groups in total. The van der Waals surface area contributed by atoms with Gasteiger partial charge in [-0.25, -0.2) is 4.79 Å². The quantitative estimate of drug-likeness (QED) is 0.856. The summed E-state index contributed by atoms with van der Waals surface area (Å²) in [6.45, 7) is 1.90. The van der Waals surface area contributed by atoms with E-state index in [1.54, 1.807) is 0 Å². The Morgan fingerprint density at radius 1 is 1.14 bits per heavy atom. The van der Waals surface area contributed by atoms with Crippen molar-refractivity contribution in [2.45, 2.75) is 25.8 Å². The number of carbonyl (C=O) groups excluding carboxylic acids is 1. The van der Waals surface area contributed by atoms with Gasteiger partial charge in [-0.05, 0) is 37.5 Å². The van der Waals surface area contributed by atoms with Gasteiger partial charge in [-0.2, -0.15) is 0 Å². The molecule has 2 rings (SSSR count). The second kappa shape index (κ2) is 6.74. The Kier molecular flexibility index (Phi) is 4.77. The van der Waals surface area contributed by atoms with E-state index in [0.29, 0.717) is 0 Å². The summed E-state index contributed by atoms with van der Waals surface area (Å²) in [5, 5.41) is 11.5. The number of carbonyl (C=O) groups is 2. The fourth-order valence-corrected chi connectivity index (χ4v) is 1.97. The molecule has 1 amide bonds. The molecule has 2 aromatic rings. The van der Waals surface area contributed by atoms with Crippen molar-refractivity contribution in [1.29, 1.82) is 0 Å². The SMILES string of the molecule is CC(CCc1ccccc1)NC(=O)c1ccc(C(=O)O)o1. The van der Waals surface area contributed by atoms with Gasteiger partial charge in [-0.3, -0.25) is 4.79 Å². The number of rotatable bonds is 6. The van der Waals surface area contributed by atoms with Crippen LogP contribution >= 0.6 is 0 Å². The van der Waals surface area contributed by atoms with Crippen LogP contribution in [0.5, 0.6) is 0 Å². The normalized spacial score (nSPS) is 11.9. The molecule has 1 aromatic carbocycles. The van der Waals surface area contributed by atoms with E-state index in [2.05, 4.69) is 5.32 Å². The van der Waals surface area contributed by atoms with Crippen LogP contribution in [0.25, 0.3) is 0 Å². The molecule has 1 heterocycles. The smallest absolute Gasteiger partial charge is 0.371 e. The maximum Gasteiger partial charge on any atom is 0.371 e. The van der Waals surface area contributed by atoms with Gasteiger partial charge in [0.25, 0.3) is 5.91 Å². The zero-order valence-corrected chi connectivity index (χ0v) is 11.7. The number of hydrogen-bond donors (Lipinski definition) is 2. The Labute approximate surface area is 122 Å². The lowest BCUT2D eigenvalue weighted by atomic mass is 10.1. The molecule has 0 spiro atoms. The van der Waals surface area contributed by atoms with Gasteiger partial charge in [0, 0.05) is 6.04 Å². The number of benzene rings is 1. The molecule has 0 aliphatic carbocycles. The molecule has 110 valence electrons. The van der Waals surface area contributed by atoms with Crippen molar-refractivity contribution in [2.24, 2.45) is 0 Å². The van der Waals surface area contributed by atoms with Crippen LogP contribution in [0, 0.1) is 0 Å². The molecule has 1 atom stereocenters. The van der Waals surface area contributed by atoms with Crippen molar-refractivity contribution in [2.75, 3.05) is 0 Å². The van der Waals surface area contributed by atoms with Gasteiger partial charge in [-0.15, -0.1) is 0 Å². The van der Waals surface area contributed by atoms with E-state index >= 15 is 0 Å². The Hall–Kier alpha value is -2.56. The molecule has 0 radical (unpaired) electrons. The number of hydrogen-bond acceptors (Lipinski definition) is 3. The summed E-state index contributed by atoms with van der Waals surface area (Å²) in [4.78, 5) is 22.6. The topological polar surface area (TPSA) is 79.5 Å². The molecule has 5 heteroatoms. The highest BCUT2D eigenvalue weighted by atomic mass is 16.4. The third-order valence-corrected chi connectivity index (χ3v) is 3.13. The van der Waals surface area contributed by atoms with E-state index in [4.69, 9.17) is 9.52 Å². The number of aromatic carboxylic acids is 1. The Balaban J connectivity index is 1.85. The molecule has 5 nitrogen and oxygen atoms in total. The second-order valence-electron chi connectivity index (χ2n) is 4.87. The summed E-state index contributed by atoms with van der Waals surface area (Å²) in [6, 6.07) is 12.6. The predicted molar refractivity (Wildman–Crippen MR) is 77.4 cm³/mol. The first-order valence-electron chi connectivity index (χ1n) is 6.74. The molecule has 0 bridgehead atoms. The van der Waals surface area contributed by atoms with Gasteiger partial charge in [0.15, 0.2) is 5.76 Å². The van der Waals surface area contributed by atoms with Crippen LogP contribution in [-0.2, 0) is 6.42 Å². The monoisotopic (exact) mass is 287 g/mol. The fraction of sp³-hybridized carbons (Fsp3) is 0.250.